The molecule has 1 aromatic heterocycles. The molecule has 1 N–H and O–H groups in total. The van der Waals surface area contributed by atoms with Crippen LogP contribution in [0.1, 0.15) is 35.2 Å². The van der Waals surface area contributed by atoms with Gasteiger partial charge in [-0.3, -0.25) is 19.6 Å². The fourth-order valence-electron chi connectivity index (χ4n) is 3.71. The zero-order valence-corrected chi connectivity index (χ0v) is 16.4. The van der Waals surface area contributed by atoms with Gasteiger partial charge in [0, 0.05) is 11.1 Å². The summed E-state index contributed by atoms with van der Waals surface area (Å²) in [6.07, 6.45) is 3.02. The summed E-state index contributed by atoms with van der Waals surface area (Å²) in [6.45, 7) is 2.66. The zero-order valence-electron chi connectivity index (χ0n) is 16.4. The van der Waals surface area contributed by atoms with E-state index < -0.39 is 6.09 Å². The number of methoxy groups -OCH3 is 1. The maximum Gasteiger partial charge on any atom is 0.413 e. The van der Waals surface area contributed by atoms with Gasteiger partial charge in [0.1, 0.15) is 0 Å². The van der Waals surface area contributed by atoms with Gasteiger partial charge in [-0.15, -0.1) is 0 Å². The molecular formula is C22H24N4O3. The molecule has 0 aliphatic carbocycles. The summed E-state index contributed by atoms with van der Waals surface area (Å²) in [7, 11) is 1.32. The monoisotopic (exact) mass is 392 g/mol. The van der Waals surface area contributed by atoms with E-state index in [0.29, 0.717) is 29.3 Å². The van der Waals surface area contributed by atoms with Crippen molar-refractivity contribution in [1.29, 1.82) is 0 Å². The number of piperidine rings is 1. The van der Waals surface area contributed by atoms with E-state index in [9.17, 15) is 9.59 Å². The highest BCUT2D eigenvalue weighted by Gasteiger charge is 2.19. The van der Waals surface area contributed by atoms with Gasteiger partial charge in [0.2, 0.25) is 5.95 Å². The van der Waals surface area contributed by atoms with Gasteiger partial charge in [-0.05, 0) is 44.1 Å². The van der Waals surface area contributed by atoms with Crippen LogP contribution in [0.3, 0.4) is 0 Å². The first-order valence-electron chi connectivity index (χ1n) is 9.83. The molecule has 150 valence electrons. The number of nitrogens with zero attached hydrogens (tertiary/aromatic N) is 3. The summed E-state index contributed by atoms with van der Waals surface area (Å²) in [5.41, 5.74) is 2.73. The van der Waals surface area contributed by atoms with Gasteiger partial charge in [-0.2, -0.15) is 0 Å². The number of rotatable bonds is 5. The SMILES string of the molecule is COC(=O)Nc1nc2cc(C(=O)c3ccccc3)ccc2n1CN1CCCCC1. The number of likely N-dealkylation sites (tertiary alicyclic amines) is 1. The molecule has 7 heteroatoms. The summed E-state index contributed by atoms with van der Waals surface area (Å²) in [6, 6.07) is 14.7. The van der Waals surface area contributed by atoms with E-state index in [4.69, 9.17) is 4.74 Å². The predicted molar refractivity (Wildman–Crippen MR) is 111 cm³/mol. The zero-order chi connectivity index (χ0) is 20.2. The molecule has 29 heavy (non-hydrogen) atoms. The average molecular weight is 392 g/mol. The van der Waals surface area contributed by atoms with Gasteiger partial charge in [0.05, 0.1) is 24.8 Å². The van der Waals surface area contributed by atoms with Crippen molar-refractivity contribution in [3.8, 4) is 0 Å². The average Bonchev–Trinajstić information content (AvgIpc) is 3.10. The summed E-state index contributed by atoms with van der Waals surface area (Å²) in [5.74, 6) is 0.363. The summed E-state index contributed by atoms with van der Waals surface area (Å²) in [4.78, 5) is 31.5. The van der Waals surface area contributed by atoms with Crippen molar-refractivity contribution < 1.29 is 14.3 Å². The van der Waals surface area contributed by atoms with Crippen LogP contribution in [0.15, 0.2) is 48.5 Å². The van der Waals surface area contributed by atoms with Crippen LogP contribution in [0, 0.1) is 0 Å². The van der Waals surface area contributed by atoms with Crippen LogP contribution in [0.2, 0.25) is 0 Å². The van der Waals surface area contributed by atoms with E-state index in [-0.39, 0.29) is 5.78 Å². The van der Waals surface area contributed by atoms with Crippen LogP contribution in [-0.2, 0) is 11.4 Å². The molecule has 0 radical (unpaired) electrons. The van der Waals surface area contributed by atoms with Crippen molar-refractivity contribution >= 4 is 28.9 Å². The van der Waals surface area contributed by atoms with E-state index in [0.717, 1.165) is 18.6 Å². The Kier molecular flexibility index (Phi) is 5.57. The maximum absolute atomic E-state index is 12.8. The lowest BCUT2D eigenvalue weighted by Gasteiger charge is -2.27. The third kappa shape index (κ3) is 4.14. The van der Waals surface area contributed by atoms with Gasteiger partial charge in [0.25, 0.3) is 0 Å². The van der Waals surface area contributed by atoms with Crippen molar-refractivity contribution in [2.45, 2.75) is 25.9 Å². The second-order valence-corrected chi connectivity index (χ2v) is 7.20. The van der Waals surface area contributed by atoms with Gasteiger partial charge < -0.3 is 4.74 Å². The van der Waals surface area contributed by atoms with Crippen LogP contribution in [0.25, 0.3) is 11.0 Å². The first kappa shape index (κ1) is 19.1. The fraction of sp³-hybridized carbons (Fsp3) is 0.318. The molecule has 1 fully saturated rings. The van der Waals surface area contributed by atoms with E-state index >= 15 is 0 Å². The van der Waals surface area contributed by atoms with Crippen molar-refractivity contribution in [2.75, 3.05) is 25.5 Å². The number of carbonyl (C=O) groups excluding carboxylic acids is 2. The predicted octanol–water partition coefficient (Wildman–Crippen LogP) is 3.89. The van der Waals surface area contributed by atoms with Crippen LogP contribution in [0.4, 0.5) is 10.7 Å². The van der Waals surface area contributed by atoms with E-state index in [1.807, 2.05) is 34.9 Å². The Morgan fingerprint density at radius 1 is 1.03 bits per heavy atom. The lowest BCUT2D eigenvalue weighted by atomic mass is 10.0. The number of carbonyl (C=O) groups is 2. The molecule has 1 aliphatic heterocycles. The number of anilines is 1. The maximum atomic E-state index is 12.8. The van der Waals surface area contributed by atoms with Crippen LogP contribution in [0.5, 0.6) is 0 Å². The highest BCUT2D eigenvalue weighted by atomic mass is 16.5. The van der Waals surface area contributed by atoms with Crippen molar-refractivity contribution in [3.05, 3.63) is 59.7 Å². The number of fused-ring (bicyclic) bond motifs is 1. The molecule has 4 rings (SSSR count). The molecule has 2 heterocycles. The largest absolute Gasteiger partial charge is 0.453 e. The third-order valence-corrected chi connectivity index (χ3v) is 5.24. The Morgan fingerprint density at radius 3 is 2.52 bits per heavy atom. The summed E-state index contributed by atoms with van der Waals surface area (Å²) < 4.78 is 6.71. The molecule has 0 unspecified atom stereocenters. The number of amides is 1. The van der Waals surface area contributed by atoms with E-state index in [1.54, 1.807) is 18.2 Å². The first-order chi connectivity index (χ1) is 14.2. The Morgan fingerprint density at radius 2 is 1.79 bits per heavy atom. The molecule has 1 aliphatic rings. The van der Waals surface area contributed by atoms with Crippen LogP contribution in [-0.4, -0.2) is 46.5 Å². The molecule has 0 atom stereocenters. The molecule has 0 spiro atoms. The summed E-state index contributed by atoms with van der Waals surface area (Å²) >= 11 is 0. The Balaban J connectivity index is 1.70. The van der Waals surface area contributed by atoms with Gasteiger partial charge in [0.15, 0.2) is 5.78 Å². The smallest absolute Gasteiger partial charge is 0.413 e. The Hall–Kier alpha value is -3.19. The van der Waals surface area contributed by atoms with Gasteiger partial charge in [-0.25, -0.2) is 9.78 Å². The van der Waals surface area contributed by atoms with Crippen LogP contribution < -0.4 is 5.32 Å². The highest BCUT2D eigenvalue weighted by Crippen LogP contribution is 2.24. The number of nitrogens with one attached hydrogen (secondary N) is 1. The van der Waals surface area contributed by atoms with Crippen LogP contribution >= 0.6 is 0 Å². The molecule has 1 saturated heterocycles. The number of hydrogen-bond acceptors (Lipinski definition) is 5. The second kappa shape index (κ2) is 8.45. The number of hydrogen-bond donors (Lipinski definition) is 1. The van der Waals surface area contributed by atoms with E-state index in [2.05, 4.69) is 15.2 Å². The number of imidazole rings is 1. The number of benzene rings is 2. The van der Waals surface area contributed by atoms with Crippen molar-refractivity contribution in [2.24, 2.45) is 0 Å². The number of aromatic nitrogens is 2. The number of ether oxygens (including phenoxy) is 1. The molecule has 3 aromatic rings. The molecule has 0 saturated carbocycles. The standard InChI is InChI=1S/C22H24N4O3/c1-29-22(28)24-21-23-18-14-17(20(27)16-8-4-2-5-9-16)10-11-19(18)26(21)15-25-12-6-3-7-13-25/h2,4-5,8-11,14H,3,6-7,12-13,15H2,1H3,(H,23,24,28). The van der Waals surface area contributed by atoms with Crippen molar-refractivity contribution in [1.82, 2.24) is 14.5 Å². The molecule has 7 nitrogen and oxygen atoms in total. The first-order valence-corrected chi connectivity index (χ1v) is 9.83. The Bertz CT molecular complexity index is 1020. The lowest BCUT2D eigenvalue weighted by molar-refractivity contribution is 0.103. The molecular weight excluding hydrogens is 368 g/mol. The summed E-state index contributed by atoms with van der Waals surface area (Å²) in [5, 5.41) is 2.70. The topological polar surface area (TPSA) is 76.5 Å². The van der Waals surface area contributed by atoms with Gasteiger partial charge >= 0.3 is 6.09 Å². The second-order valence-electron chi connectivity index (χ2n) is 7.20. The highest BCUT2D eigenvalue weighted by molar-refractivity contribution is 6.10. The third-order valence-electron chi connectivity index (χ3n) is 5.24. The molecule has 1 amide bonds. The van der Waals surface area contributed by atoms with Gasteiger partial charge in [-0.1, -0.05) is 36.8 Å². The fourth-order valence-corrected chi connectivity index (χ4v) is 3.71. The molecule has 2 aromatic carbocycles. The number of ketones is 1. The van der Waals surface area contributed by atoms with Crippen molar-refractivity contribution in [3.63, 3.8) is 0 Å². The minimum Gasteiger partial charge on any atom is -0.453 e. The van der Waals surface area contributed by atoms with E-state index in [1.165, 1.54) is 26.4 Å². The quantitative estimate of drug-likeness (QED) is 0.667. The lowest BCUT2D eigenvalue weighted by Crippen LogP contribution is -2.32. The Labute approximate surface area is 169 Å². The minimum absolute atomic E-state index is 0.0550. The minimum atomic E-state index is -0.569. The molecule has 0 bridgehead atoms. The normalized spacial score (nSPS) is 14.7.